The van der Waals surface area contributed by atoms with E-state index in [-0.39, 0.29) is 12.6 Å². The number of para-hydroxylation sites is 1. The summed E-state index contributed by atoms with van der Waals surface area (Å²) in [6.45, 7) is 2.36. The molecule has 1 atom stereocenters. The average molecular weight is 193 g/mol. The molecule has 0 spiro atoms. The van der Waals surface area contributed by atoms with Crippen molar-refractivity contribution < 1.29 is 9.84 Å². The largest absolute Gasteiger partial charge is 0.394 e. The molecule has 2 rings (SSSR count). The van der Waals surface area contributed by atoms with Crippen molar-refractivity contribution in [2.45, 2.75) is 6.04 Å². The molecule has 1 aromatic rings. The Labute approximate surface area is 83.9 Å². The van der Waals surface area contributed by atoms with E-state index >= 15 is 0 Å². The minimum atomic E-state index is 0.103. The van der Waals surface area contributed by atoms with Gasteiger partial charge in [-0.05, 0) is 12.1 Å². The van der Waals surface area contributed by atoms with Crippen molar-refractivity contribution in [3.05, 3.63) is 30.3 Å². The van der Waals surface area contributed by atoms with Crippen molar-refractivity contribution in [1.29, 1.82) is 0 Å². The molecule has 0 saturated carbocycles. The second-order valence-corrected chi connectivity index (χ2v) is 3.44. The molecule has 1 heterocycles. The molecule has 1 aliphatic heterocycles. The summed E-state index contributed by atoms with van der Waals surface area (Å²) in [6.07, 6.45) is 0. The van der Waals surface area contributed by atoms with Gasteiger partial charge in [-0.1, -0.05) is 18.2 Å². The van der Waals surface area contributed by atoms with E-state index in [0.29, 0.717) is 6.61 Å². The minimum absolute atomic E-state index is 0.103. The van der Waals surface area contributed by atoms with Crippen molar-refractivity contribution in [2.24, 2.45) is 0 Å². The van der Waals surface area contributed by atoms with Crippen molar-refractivity contribution in [3.8, 4) is 0 Å². The van der Waals surface area contributed by atoms with Gasteiger partial charge in [-0.15, -0.1) is 0 Å². The monoisotopic (exact) mass is 193 g/mol. The summed E-state index contributed by atoms with van der Waals surface area (Å²) in [5.41, 5.74) is 1.16. The molecule has 76 valence electrons. The van der Waals surface area contributed by atoms with E-state index in [1.165, 1.54) is 0 Å². The van der Waals surface area contributed by atoms with Gasteiger partial charge in [0.1, 0.15) is 0 Å². The van der Waals surface area contributed by atoms with E-state index < -0.39 is 0 Å². The van der Waals surface area contributed by atoms with E-state index in [2.05, 4.69) is 17.0 Å². The number of aliphatic hydroxyl groups is 1. The molecule has 1 fully saturated rings. The molecular formula is C11H15NO2. The summed E-state index contributed by atoms with van der Waals surface area (Å²) in [6, 6.07) is 10.3. The first-order chi connectivity index (χ1) is 6.92. The molecule has 0 bridgehead atoms. The van der Waals surface area contributed by atoms with Crippen LogP contribution in [0.1, 0.15) is 0 Å². The highest BCUT2D eigenvalue weighted by Gasteiger charge is 2.21. The third-order valence-corrected chi connectivity index (χ3v) is 2.53. The summed E-state index contributed by atoms with van der Waals surface area (Å²) in [4.78, 5) is 2.20. The van der Waals surface area contributed by atoms with Crippen LogP contribution in [0.5, 0.6) is 0 Å². The zero-order chi connectivity index (χ0) is 9.80. The summed E-state index contributed by atoms with van der Waals surface area (Å²) in [5.74, 6) is 0. The van der Waals surface area contributed by atoms with Crippen LogP contribution in [0.25, 0.3) is 0 Å². The molecule has 0 aromatic heterocycles. The highest BCUT2D eigenvalue weighted by molar-refractivity contribution is 5.47. The predicted molar refractivity (Wildman–Crippen MR) is 55.5 cm³/mol. The number of morpholine rings is 1. The molecule has 1 unspecified atom stereocenters. The van der Waals surface area contributed by atoms with E-state index in [9.17, 15) is 5.11 Å². The van der Waals surface area contributed by atoms with Crippen LogP contribution in [-0.4, -0.2) is 37.5 Å². The molecule has 0 amide bonds. The molecule has 1 saturated heterocycles. The Balaban J connectivity index is 2.15. The van der Waals surface area contributed by atoms with E-state index in [0.717, 1.165) is 18.8 Å². The first-order valence-corrected chi connectivity index (χ1v) is 4.92. The Kier molecular flexibility index (Phi) is 3.01. The molecule has 0 radical (unpaired) electrons. The fourth-order valence-electron chi connectivity index (χ4n) is 1.77. The number of ether oxygens (including phenoxy) is 1. The molecule has 14 heavy (non-hydrogen) atoms. The van der Waals surface area contributed by atoms with Crippen LogP contribution < -0.4 is 4.90 Å². The predicted octanol–water partition coefficient (Wildman–Crippen LogP) is 0.884. The summed E-state index contributed by atoms with van der Waals surface area (Å²) in [5, 5.41) is 9.20. The Morgan fingerprint density at radius 1 is 1.36 bits per heavy atom. The van der Waals surface area contributed by atoms with Gasteiger partial charge in [0.2, 0.25) is 0 Å². The number of rotatable bonds is 2. The quantitative estimate of drug-likeness (QED) is 0.757. The smallest absolute Gasteiger partial charge is 0.0755 e. The van der Waals surface area contributed by atoms with E-state index in [1.54, 1.807) is 0 Å². The van der Waals surface area contributed by atoms with E-state index in [1.807, 2.05) is 18.2 Å². The maximum absolute atomic E-state index is 9.20. The van der Waals surface area contributed by atoms with Crippen LogP contribution in [0.3, 0.4) is 0 Å². The number of hydrogen-bond donors (Lipinski definition) is 1. The first kappa shape index (κ1) is 9.49. The van der Waals surface area contributed by atoms with E-state index in [4.69, 9.17) is 4.74 Å². The van der Waals surface area contributed by atoms with Crippen LogP contribution >= 0.6 is 0 Å². The molecule has 0 aliphatic carbocycles. The van der Waals surface area contributed by atoms with Gasteiger partial charge in [-0.3, -0.25) is 0 Å². The lowest BCUT2D eigenvalue weighted by molar-refractivity contribution is 0.0727. The van der Waals surface area contributed by atoms with Gasteiger partial charge in [0, 0.05) is 12.2 Å². The minimum Gasteiger partial charge on any atom is -0.394 e. The second-order valence-electron chi connectivity index (χ2n) is 3.44. The Hall–Kier alpha value is -1.06. The van der Waals surface area contributed by atoms with Crippen LogP contribution in [0.15, 0.2) is 30.3 Å². The number of hydrogen-bond acceptors (Lipinski definition) is 3. The Morgan fingerprint density at radius 2 is 2.14 bits per heavy atom. The zero-order valence-corrected chi connectivity index (χ0v) is 8.10. The van der Waals surface area contributed by atoms with Gasteiger partial charge in [0.05, 0.1) is 25.9 Å². The lowest BCUT2D eigenvalue weighted by Gasteiger charge is -2.36. The summed E-state index contributed by atoms with van der Waals surface area (Å²) >= 11 is 0. The average Bonchev–Trinajstić information content (AvgIpc) is 2.30. The van der Waals surface area contributed by atoms with Crippen LogP contribution in [0.4, 0.5) is 5.69 Å². The number of anilines is 1. The zero-order valence-electron chi connectivity index (χ0n) is 8.10. The van der Waals surface area contributed by atoms with Gasteiger partial charge in [-0.2, -0.15) is 0 Å². The molecule has 3 nitrogen and oxygen atoms in total. The molecule has 1 N–H and O–H groups in total. The topological polar surface area (TPSA) is 32.7 Å². The molecule has 1 aromatic carbocycles. The molecular weight excluding hydrogens is 178 g/mol. The van der Waals surface area contributed by atoms with Crippen molar-refractivity contribution in [2.75, 3.05) is 31.3 Å². The molecule has 1 aliphatic rings. The number of benzene rings is 1. The SMILES string of the molecule is OCC1COCCN1c1ccccc1. The van der Waals surface area contributed by atoms with Crippen molar-refractivity contribution in [3.63, 3.8) is 0 Å². The first-order valence-electron chi connectivity index (χ1n) is 4.92. The van der Waals surface area contributed by atoms with Crippen molar-refractivity contribution in [1.82, 2.24) is 0 Å². The third-order valence-electron chi connectivity index (χ3n) is 2.53. The summed E-state index contributed by atoms with van der Waals surface area (Å²) in [7, 11) is 0. The second kappa shape index (κ2) is 4.44. The standard InChI is InChI=1S/C11H15NO2/c13-8-11-9-14-7-6-12(11)10-4-2-1-3-5-10/h1-5,11,13H,6-9H2. The fraction of sp³-hybridized carbons (Fsp3) is 0.455. The molecule has 3 heteroatoms. The Bertz CT molecular complexity index is 276. The number of aliphatic hydroxyl groups excluding tert-OH is 1. The van der Waals surface area contributed by atoms with Gasteiger partial charge < -0.3 is 14.7 Å². The maximum atomic E-state index is 9.20. The van der Waals surface area contributed by atoms with Crippen molar-refractivity contribution >= 4 is 5.69 Å². The van der Waals surface area contributed by atoms with Gasteiger partial charge in [0.15, 0.2) is 0 Å². The normalized spacial score (nSPS) is 22.4. The maximum Gasteiger partial charge on any atom is 0.0755 e. The van der Waals surface area contributed by atoms with Crippen LogP contribution in [0, 0.1) is 0 Å². The highest BCUT2D eigenvalue weighted by atomic mass is 16.5. The fourth-order valence-corrected chi connectivity index (χ4v) is 1.77. The summed E-state index contributed by atoms with van der Waals surface area (Å²) < 4.78 is 5.32. The van der Waals surface area contributed by atoms with Crippen LogP contribution in [0.2, 0.25) is 0 Å². The third kappa shape index (κ3) is 1.89. The van der Waals surface area contributed by atoms with Crippen LogP contribution in [-0.2, 0) is 4.74 Å². The lowest BCUT2D eigenvalue weighted by Crippen LogP contribution is -2.47. The van der Waals surface area contributed by atoms with Gasteiger partial charge >= 0.3 is 0 Å². The van der Waals surface area contributed by atoms with Gasteiger partial charge in [0.25, 0.3) is 0 Å². The lowest BCUT2D eigenvalue weighted by atomic mass is 10.2. The van der Waals surface area contributed by atoms with Gasteiger partial charge in [-0.25, -0.2) is 0 Å². The number of nitrogens with zero attached hydrogens (tertiary/aromatic N) is 1. The highest BCUT2D eigenvalue weighted by Crippen LogP contribution is 2.18. The Morgan fingerprint density at radius 3 is 2.86 bits per heavy atom.